The number of thiazole rings is 1. The third-order valence-electron chi connectivity index (χ3n) is 2.79. The summed E-state index contributed by atoms with van der Waals surface area (Å²) in [4.78, 5) is 27.7. The predicted octanol–water partition coefficient (Wildman–Crippen LogP) is 2.17. The molecule has 6 heteroatoms. The Balaban J connectivity index is 1.85. The summed E-state index contributed by atoms with van der Waals surface area (Å²) in [6, 6.07) is 9.50. The van der Waals surface area contributed by atoms with Crippen LogP contribution in [-0.2, 0) is 22.4 Å². The molecule has 0 aliphatic carbocycles. The Bertz CT molecular complexity index is 652. The van der Waals surface area contributed by atoms with Crippen molar-refractivity contribution in [1.82, 2.24) is 10.3 Å². The van der Waals surface area contributed by atoms with E-state index >= 15 is 0 Å². The summed E-state index contributed by atoms with van der Waals surface area (Å²) in [5.74, 6) is -0.240. The van der Waals surface area contributed by atoms with E-state index in [1.165, 1.54) is 11.3 Å². The summed E-state index contributed by atoms with van der Waals surface area (Å²) < 4.78 is 0. The van der Waals surface area contributed by atoms with Gasteiger partial charge in [0.05, 0.1) is 18.5 Å². The lowest BCUT2D eigenvalue weighted by molar-refractivity contribution is -0.120. The van der Waals surface area contributed by atoms with Crippen molar-refractivity contribution in [2.24, 2.45) is 0 Å². The fourth-order valence-electron chi connectivity index (χ4n) is 1.80. The van der Waals surface area contributed by atoms with Crippen molar-refractivity contribution >= 4 is 28.3 Å². The number of nitrogens with zero attached hydrogens (tertiary/aromatic N) is 1. The molecule has 1 heterocycles. The topological polar surface area (TPSA) is 71.1 Å². The van der Waals surface area contributed by atoms with E-state index < -0.39 is 0 Å². The molecule has 1 aromatic carbocycles. The van der Waals surface area contributed by atoms with Crippen LogP contribution < -0.4 is 10.6 Å². The van der Waals surface area contributed by atoms with Crippen LogP contribution in [0.1, 0.15) is 11.3 Å². The van der Waals surface area contributed by atoms with Gasteiger partial charge in [-0.05, 0) is 5.56 Å². The number of carbonyl (C=O) groups is 2. The Morgan fingerprint density at radius 2 is 1.95 bits per heavy atom. The van der Waals surface area contributed by atoms with Gasteiger partial charge in [0.25, 0.3) is 0 Å². The van der Waals surface area contributed by atoms with Crippen LogP contribution in [0, 0.1) is 0 Å². The fourth-order valence-corrected chi connectivity index (χ4v) is 2.53. The van der Waals surface area contributed by atoms with Crippen LogP contribution in [0.4, 0.5) is 5.13 Å². The second-order valence-corrected chi connectivity index (χ2v) is 5.48. The first-order chi connectivity index (χ1) is 10.7. The molecule has 114 valence electrons. The highest BCUT2D eigenvalue weighted by molar-refractivity contribution is 7.13. The number of amides is 2. The first-order valence-electron chi connectivity index (χ1n) is 6.83. The maximum absolute atomic E-state index is 11.9. The summed E-state index contributed by atoms with van der Waals surface area (Å²) in [6.07, 6.45) is 2.11. The number of rotatable bonds is 7. The van der Waals surface area contributed by atoms with Crippen LogP contribution in [0.2, 0.25) is 0 Å². The van der Waals surface area contributed by atoms with Crippen LogP contribution in [0.15, 0.2) is 48.4 Å². The van der Waals surface area contributed by atoms with Crippen molar-refractivity contribution in [1.29, 1.82) is 0 Å². The second kappa shape index (κ2) is 8.09. The van der Waals surface area contributed by atoms with Crippen molar-refractivity contribution in [2.45, 2.75) is 12.8 Å². The normalized spacial score (nSPS) is 10.0. The Labute approximate surface area is 133 Å². The second-order valence-electron chi connectivity index (χ2n) is 4.62. The highest BCUT2D eigenvalue weighted by Gasteiger charge is 2.10. The molecule has 1 aromatic heterocycles. The lowest BCUT2D eigenvalue weighted by Crippen LogP contribution is -2.25. The molecule has 0 fully saturated rings. The fraction of sp³-hybridized carbons (Fsp3) is 0.188. The van der Waals surface area contributed by atoms with Gasteiger partial charge in [-0.15, -0.1) is 17.9 Å². The molecule has 0 bridgehead atoms. The molecular weight excluding hydrogens is 298 g/mol. The Hall–Kier alpha value is -2.47. The van der Waals surface area contributed by atoms with Crippen LogP contribution in [-0.4, -0.2) is 23.3 Å². The third-order valence-corrected chi connectivity index (χ3v) is 3.60. The van der Waals surface area contributed by atoms with E-state index in [4.69, 9.17) is 0 Å². The predicted molar refractivity (Wildman–Crippen MR) is 87.8 cm³/mol. The molecule has 0 spiro atoms. The van der Waals surface area contributed by atoms with Crippen molar-refractivity contribution in [3.63, 3.8) is 0 Å². The van der Waals surface area contributed by atoms with Gasteiger partial charge in [0.2, 0.25) is 11.8 Å². The number of benzene rings is 1. The van der Waals surface area contributed by atoms with E-state index in [1.807, 2.05) is 30.3 Å². The maximum atomic E-state index is 11.9. The Morgan fingerprint density at radius 3 is 2.68 bits per heavy atom. The number of hydrogen-bond acceptors (Lipinski definition) is 4. The molecule has 2 aromatic rings. The average molecular weight is 315 g/mol. The minimum absolute atomic E-state index is 0.118. The molecule has 0 saturated heterocycles. The van der Waals surface area contributed by atoms with Gasteiger partial charge < -0.3 is 10.6 Å². The van der Waals surface area contributed by atoms with Gasteiger partial charge in [0.1, 0.15) is 0 Å². The van der Waals surface area contributed by atoms with Crippen molar-refractivity contribution in [3.8, 4) is 0 Å². The SMILES string of the molecule is C=CCNC(=O)Cc1csc(NC(=O)Cc2ccccc2)n1. The van der Waals surface area contributed by atoms with Gasteiger partial charge in [-0.25, -0.2) is 4.98 Å². The Morgan fingerprint density at radius 1 is 1.18 bits per heavy atom. The molecule has 0 atom stereocenters. The molecule has 2 amide bonds. The minimum Gasteiger partial charge on any atom is -0.352 e. The van der Waals surface area contributed by atoms with E-state index in [2.05, 4.69) is 22.2 Å². The summed E-state index contributed by atoms with van der Waals surface area (Å²) in [5, 5.41) is 7.71. The summed E-state index contributed by atoms with van der Waals surface area (Å²) in [6.45, 7) is 3.97. The van der Waals surface area contributed by atoms with Crippen LogP contribution in [0.3, 0.4) is 0 Å². The van der Waals surface area contributed by atoms with Gasteiger partial charge in [0, 0.05) is 11.9 Å². The molecule has 0 saturated carbocycles. The Kier molecular flexibility index (Phi) is 5.85. The lowest BCUT2D eigenvalue weighted by atomic mass is 10.1. The van der Waals surface area contributed by atoms with Crippen LogP contribution in [0.5, 0.6) is 0 Å². The minimum atomic E-state index is -0.122. The molecule has 2 N–H and O–H groups in total. The molecule has 0 radical (unpaired) electrons. The van der Waals surface area contributed by atoms with Crippen molar-refractivity contribution in [3.05, 3.63) is 59.6 Å². The number of aromatic nitrogens is 1. The van der Waals surface area contributed by atoms with Gasteiger partial charge in [-0.1, -0.05) is 36.4 Å². The largest absolute Gasteiger partial charge is 0.352 e. The smallest absolute Gasteiger partial charge is 0.230 e. The first-order valence-corrected chi connectivity index (χ1v) is 7.71. The summed E-state index contributed by atoms with van der Waals surface area (Å²) >= 11 is 1.31. The van der Waals surface area contributed by atoms with Crippen molar-refractivity contribution < 1.29 is 9.59 Å². The third kappa shape index (κ3) is 5.14. The highest BCUT2D eigenvalue weighted by atomic mass is 32.1. The molecular formula is C16H17N3O2S. The van der Waals surface area contributed by atoms with E-state index in [0.717, 1.165) is 5.56 Å². The van der Waals surface area contributed by atoms with Crippen LogP contribution in [0.25, 0.3) is 0 Å². The monoisotopic (exact) mass is 315 g/mol. The zero-order valence-electron chi connectivity index (χ0n) is 12.0. The van der Waals surface area contributed by atoms with E-state index in [-0.39, 0.29) is 18.2 Å². The molecule has 22 heavy (non-hydrogen) atoms. The summed E-state index contributed by atoms with van der Waals surface area (Å²) in [7, 11) is 0. The van der Waals surface area contributed by atoms with E-state index in [0.29, 0.717) is 23.8 Å². The van der Waals surface area contributed by atoms with E-state index in [1.54, 1.807) is 11.5 Å². The number of carbonyl (C=O) groups excluding carboxylic acids is 2. The standard InChI is InChI=1S/C16H17N3O2S/c1-2-8-17-14(20)10-13-11-22-16(18-13)19-15(21)9-12-6-4-3-5-7-12/h2-7,11H,1,8-10H2,(H,17,20)(H,18,19,21). The molecule has 0 aliphatic rings. The number of nitrogens with one attached hydrogen (secondary N) is 2. The molecule has 0 unspecified atom stereocenters. The van der Waals surface area contributed by atoms with Crippen LogP contribution >= 0.6 is 11.3 Å². The van der Waals surface area contributed by atoms with Gasteiger partial charge in [-0.3, -0.25) is 9.59 Å². The molecule has 0 aliphatic heterocycles. The average Bonchev–Trinajstić information content (AvgIpc) is 2.93. The summed E-state index contributed by atoms with van der Waals surface area (Å²) in [5.41, 5.74) is 1.59. The lowest BCUT2D eigenvalue weighted by Gasteiger charge is -2.02. The molecule has 5 nitrogen and oxygen atoms in total. The first kappa shape index (κ1) is 15.9. The van der Waals surface area contributed by atoms with Gasteiger partial charge >= 0.3 is 0 Å². The zero-order valence-corrected chi connectivity index (χ0v) is 12.9. The molecule has 2 rings (SSSR count). The van der Waals surface area contributed by atoms with Gasteiger partial charge in [0.15, 0.2) is 5.13 Å². The highest BCUT2D eigenvalue weighted by Crippen LogP contribution is 2.16. The maximum Gasteiger partial charge on any atom is 0.230 e. The van der Waals surface area contributed by atoms with E-state index in [9.17, 15) is 9.59 Å². The number of anilines is 1. The number of hydrogen-bond donors (Lipinski definition) is 2. The quantitative estimate of drug-likeness (QED) is 0.769. The van der Waals surface area contributed by atoms with Gasteiger partial charge in [-0.2, -0.15) is 0 Å². The van der Waals surface area contributed by atoms with Crippen molar-refractivity contribution in [2.75, 3.05) is 11.9 Å². The zero-order chi connectivity index (χ0) is 15.8.